The first-order valence-corrected chi connectivity index (χ1v) is 6.75. The summed E-state index contributed by atoms with van der Waals surface area (Å²) >= 11 is 0. The molecular weight excluding hydrogens is 283 g/mol. The van der Waals surface area contributed by atoms with Crippen molar-refractivity contribution in [3.05, 3.63) is 29.8 Å². The molecular formula is C14H18F3N3O. The molecule has 0 aliphatic carbocycles. The molecule has 2 amide bonds. The quantitative estimate of drug-likeness (QED) is 0.837. The predicted molar refractivity (Wildman–Crippen MR) is 74.1 cm³/mol. The lowest BCUT2D eigenvalue weighted by Gasteiger charge is -2.36. The topological polar surface area (TPSA) is 44.4 Å². The van der Waals surface area contributed by atoms with E-state index >= 15 is 0 Å². The number of rotatable bonds is 1. The number of anilines is 1. The second-order valence-electron chi connectivity index (χ2n) is 5.38. The Labute approximate surface area is 121 Å². The van der Waals surface area contributed by atoms with Crippen molar-refractivity contribution >= 4 is 11.7 Å². The summed E-state index contributed by atoms with van der Waals surface area (Å²) in [6.45, 7) is 4.96. The Morgan fingerprint density at radius 3 is 2.48 bits per heavy atom. The Hall–Kier alpha value is -1.76. The molecule has 2 rings (SSSR count). The SMILES string of the molecule is CC1CN(C(=O)Nc2cccc(C(F)(F)F)c2)CC(C)N1. The van der Waals surface area contributed by atoms with Crippen LogP contribution in [-0.4, -0.2) is 36.1 Å². The number of urea groups is 1. The normalized spacial score (nSPS) is 23.0. The van der Waals surface area contributed by atoms with Crippen LogP contribution in [0.2, 0.25) is 0 Å². The monoisotopic (exact) mass is 301 g/mol. The van der Waals surface area contributed by atoms with Crippen LogP contribution in [0.1, 0.15) is 19.4 Å². The van der Waals surface area contributed by atoms with Crippen LogP contribution in [-0.2, 0) is 6.18 Å². The summed E-state index contributed by atoms with van der Waals surface area (Å²) in [5.41, 5.74) is -0.629. The fraction of sp³-hybridized carbons (Fsp3) is 0.500. The van der Waals surface area contributed by atoms with Crippen LogP contribution in [0.5, 0.6) is 0 Å². The van der Waals surface area contributed by atoms with Crippen LogP contribution in [0.3, 0.4) is 0 Å². The van der Waals surface area contributed by atoms with Gasteiger partial charge in [0.1, 0.15) is 0 Å². The number of nitrogens with one attached hydrogen (secondary N) is 2. The summed E-state index contributed by atoms with van der Waals surface area (Å²) < 4.78 is 37.9. The average molecular weight is 301 g/mol. The van der Waals surface area contributed by atoms with Crippen LogP contribution in [0, 0.1) is 0 Å². The van der Waals surface area contributed by atoms with E-state index in [1.807, 2.05) is 13.8 Å². The van der Waals surface area contributed by atoms with Crippen LogP contribution >= 0.6 is 0 Å². The van der Waals surface area contributed by atoms with Gasteiger partial charge in [-0.1, -0.05) is 6.07 Å². The van der Waals surface area contributed by atoms with E-state index in [0.29, 0.717) is 13.1 Å². The lowest BCUT2D eigenvalue weighted by Crippen LogP contribution is -2.56. The molecule has 0 aromatic heterocycles. The Balaban J connectivity index is 2.06. The van der Waals surface area contributed by atoms with Gasteiger partial charge in [0.25, 0.3) is 0 Å². The largest absolute Gasteiger partial charge is 0.416 e. The van der Waals surface area contributed by atoms with E-state index in [9.17, 15) is 18.0 Å². The van der Waals surface area contributed by atoms with Crippen molar-refractivity contribution in [2.75, 3.05) is 18.4 Å². The lowest BCUT2D eigenvalue weighted by atomic mass is 10.1. The maximum atomic E-state index is 12.6. The standard InChI is InChI=1S/C14H18F3N3O/c1-9-7-20(8-10(2)18-9)13(21)19-12-5-3-4-11(6-12)14(15,16)17/h3-6,9-10,18H,7-8H2,1-2H3,(H,19,21). The molecule has 0 spiro atoms. The molecule has 1 aromatic rings. The number of benzene rings is 1. The third-order valence-electron chi connectivity index (χ3n) is 3.29. The molecule has 2 unspecified atom stereocenters. The molecule has 1 saturated heterocycles. The van der Waals surface area contributed by atoms with E-state index in [1.54, 1.807) is 4.90 Å². The number of piperazine rings is 1. The zero-order valence-corrected chi connectivity index (χ0v) is 11.9. The molecule has 0 saturated carbocycles. The summed E-state index contributed by atoms with van der Waals surface area (Å²) in [4.78, 5) is 13.7. The van der Waals surface area contributed by atoms with Gasteiger partial charge in [0.05, 0.1) is 5.56 Å². The van der Waals surface area contributed by atoms with E-state index in [-0.39, 0.29) is 23.8 Å². The minimum atomic E-state index is -4.42. The number of amides is 2. The van der Waals surface area contributed by atoms with Gasteiger partial charge in [0, 0.05) is 30.9 Å². The van der Waals surface area contributed by atoms with Crippen LogP contribution in [0.15, 0.2) is 24.3 Å². The first-order chi connectivity index (χ1) is 9.75. The van der Waals surface area contributed by atoms with Gasteiger partial charge in [0.2, 0.25) is 0 Å². The maximum Gasteiger partial charge on any atom is 0.416 e. The van der Waals surface area contributed by atoms with Crippen molar-refractivity contribution in [1.29, 1.82) is 0 Å². The highest BCUT2D eigenvalue weighted by atomic mass is 19.4. The summed E-state index contributed by atoms with van der Waals surface area (Å²) in [6.07, 6.45) is -4.42. The molecule has 1 fully saturated rings. The first-order valence-electron chi connectivity index (χ1n) is 6.75. The highest BCUT2D eigenvalue weighted by molar-refractivity contribution is 5.89. The number of nitrogens with zero attached hydrogens (tertiary/aromatic N) is 1. The predicted octanol–water partition coefficient (Wildman–Crippen LogP) is 2.92. The van der Waals surface area contributed by atoms with Gasteiger partial charge in [-0.15, -0.1) is 0 Å². The van der Waals surface area contributed by atoms with Gasteiger partial charge in [-0.25, -0.2) is 4.79 Å². The van der Waals surface area contributed by atoms with E-state index in [2.05, 4.69) is 10.6 Å². The van der Waals surface area contributed by atoms with E-state index in [4.69, 9.17) is 0 Å². The number of carbonyl (C=O) groups is 1. The number of carbonyl (C=O) groups excluding carboxylic acids is 1. The molecule has 2 N–H and O–H groups in total. The van der Waals surface area contributed by atoms with Crippen LogP contribution in [0.4, 0.5) is 23.7 Å². The first kappa shape index (κ1) is 15.6. The van der Waals surface area contributed by atoms with Gasteiger partial charge in [-0.3, -0.25) is 0 Å². The molecule has 0 bridgehead atoms. The van der Waals surface area contributed by atoms with E-state index in [1.165, 1.54) is 12.1 Å². The van der Waals surface area contributed by atoms with Crippen molar-refractivity contribution in [2.45, 2.75) is 32.1 Å². The molecule has 1 heterocycles. The zero-order chi connectivity index (χ0) is 15.6. The maximum absolute atomic E-state index is 12.6. The summed E-state index contributed by atoms with van der Waals surface area (Å²) in [5.74, 6) is 0. The van der Waals surface area contributed by atoms with Gasteiger partial charge >= 0.3 is 12.2 Å². The Kier molecular flexibility index (Phi) is 4.41. The highest BCUT2D eigenvalue weighted by Crippen LogP contribution is 2.30. The molecule has 21 heavy (non-hydrogen) atoms. The van der Waals surface area contributed by atoms with Crippen molar-refractivity contribution in [2.24, 2.45) is 0 Å². The number of alkyl halides is 3. The van der Waals surface area contributed by atoms with Crippen molar-refractivity contribution in [3.63, 3.8) is 0 Å². The van der Waals surface area contributed by atoms with Gasteiger partial charge < -0.3 is 15.5 Å². The molecule has 116 valence electrons. The minimum Gasteiger partial charge on any atom is -0.321 e. The van der Waals surface area contributed by atoms with Crippen LogP contribution < -0.4 is 10.6 Å². The Morgan fingerprint density at radius 2 is 1.90 bits per heavy atom. The van der Waals surface area contributed by atoms with Gasteiger partial charge in [0.15, 0.2) is 0 Å². The Bertz CT molecular complexity index is 508. The molecule has 1 aromatic carbocycles. The molecule has 1 aliphatic rings. The van der Waals surface area contributed by atoms with Crippen molar-refractivity contribution in [1.82, 2.24) is 10.2 Å². The summed E-state index contributed by atoms with van der Waals surface area (Å²) in [5, 5.41) is 5.81. The van der Waals surface area contributed by atoms with Gasteiger partial charge in [-0.05, 0) is 32.0 Å². The number of hydrogen-bond donors (Lipinski definition) is 2. The molecule has 2 atom stereocenters. The van der Waals surface area contributed by atoms with E-state index in [0.717, 1.165) is 12.1 Å². The molecule has 4 nitrogen and oxygen atoms in total. The van der Waals surface area contributed by atoms with E-state index < -0.39 is 11.7 Å². The highest BCUT2D eigenvalue weighted by Gasteiger charge is 2.31. The third kappa shape index (κ3) is 4.10. The fourth-order valence-corrected chi connectivity index (χ4v) is 2.47. The van der Waals surface area contributed by atoms with Crippen LogP contribution in [0.25, 0.3) is 0 Å². The summed E-state index contributed by atoms with van der Waals surface area (Å²) in [7, 11) is 0. The minimum absolute atomic E-state index is 0.147. The summed E-state index contributed by atoms with van der Waals surface area (Å²) in [6, 6.07) is 4.57. The number of hydrogen-bond acceptors (Lipinski definition) is 2. The fourth-order valence-electron chi connectivity index (χ4n) is 2.47. The Morgan fingerprint density at radius 1 is 1.29 bits per heavy atom. The molecule has 0 radical (unpaired) electrons. The van der Waals surface area contributed by atoms with Gasteiger partial charge in [-0.2, -0.15) is 13.2 Å². The third-order valence-corrected chi connectivity index (χ3v) is 3.29. The molecule has 7 heteroatoms. The van der Waals surface area contributed by atoms with Crippen molar-refractivity contribution in [3.8, 4) is 0 Å². The smallest absolute Gasteiger partial charge is 0.321 e. The molecule has 1 aliphatic heterocycles. The second kappa shape index (κ2) is 5.93. The van der Waals surface area contributed by atoms with Crippen molar-refractivity contribution < 1.29 is 18.0 Å². The average Bonchev–Trinajstić information content (AvgIpc) is 2.37. The second-order valence-corrected chi connectivity index (χ2v) is 5.38. The lowest BCUT2D eigenvalue weighted by molar-refractivity contribution is -0.137. The number of halogens is 3. The zero-order valence-electron chi connectivity index (χ0n) is 11.9.